The van der Waals surface area contributed by atoms with E-state index in [9.17, 15) is 4.79 Å². The predicted molar refractivity (Wildman–Crippen MR) is 115 cm³/mol. The molecule has 0 atom stereocenters. The van der Waals surface area contributed by atoms with Crippen LogP contribution in [0, 0.1) is 6.92 Å². The Hall–Kier alpha value is -2.90. The number of benzene rings is 2. The number of hydrogen-bond donors (Lipinski definition) is 1. The molecule has 30 heavy (non-hydrogen) atoms. The number of aromatic nitrogens is 5. The van der Waals surface area contributed by atoms with Gasteiger partial charge in [-0.2, -0.15) is 5.21 Å². The average molecular weight is 444 g/mol. The minimum Gasteiger partial charge on any atom is -0.489 e. The van der Waals surface area contributed by atoms with E-state index in [0.717, 1.165) is 41.4 Å². The number of rotatable bonds is 8. The first-order chi connectivity index (χ1) is 14.6. The summed E-state index contributed by atoms with van der Waals surface area (Å²) < 4.78 is 8.05. The molecule has 0 unspecified atom stereocenters. The number of ether oxygens (including phenoxy) is 1. The number of aromatic amines is 1. The fourth-order valence-corrected chi connectivity index (χ4v) is 4.03. The highest BCUT2D eigenvalue weighted by Gasteiger charge is 2.15. The fourth-order valence-electron chi connectivity index (χ4n) is 3.52. The van der Waals surface area contributed by atoms with Crippen LogP contribution in [-0.4, -0.2) is 31.5 Å². The van der Waals surface area contributed by atoms with Crippen molar-refractivity contribution in [3.8, 4) is 5.75 Å². The van der Waals surface area contributed by atoms with Gasteiger partial charge in [-0.1, -0.05) is 34.5 Å². The second-order valence-corrected chi connectivity index (χ2v) is 7.68. The zero-order chi connectivity index (χ0) is 21.1. The van der Waals surface area contributed by atoms with Crippen LogP contribution in [0.2, 0.25) is 10.0 Å². The Morgan fingerprint density at radius 3 is 2.70 bits per heavy atom. The minimum absolute atomic E-state index is 0.241. The molecule has 7 nitrogen and oxygen atoms in total. The van der Waals surface area contributed by atoms with Gasteiger partial charge < -0.3 is 9.30 Å². The van der Waals surface area contributed by atoms with Gasteiger partial charge >= 0.3 is 0 Å². The van der Waals surface area contributed by atoms with Crippen LogP contribution in [0.1, 0.15) is 33.9 Å². The number of fused-ring (bicyclic) bond motifs is 1. The summed E-state index contributed by atoms with van der Waals surface area (Å²) >= 11 is 12.4. The number of nitrogens with zero attached hydrogens (tertiary/aromatic N) is 4. The Labute approximate surface area is 182 Å². The van der Waals surface area contributed by atoms with Crippen LogP contribution in [-0.2, 0) is 19.6 Å². The number of nitrogens with one attached hydrogen (secondary N) is 1. The molecule has 0 saturated heterocycles. The number of halogens is 2. The van der Waals surface area contributed by atoms with Gasteiger partial charge in [0.1, 0.15) is 12.4 Å². The van der Waals surface area contributed by atoms with Gasteiger partial charge in [0.25, 0.3) is 0 Å². The Morgan fingerprint density at radius 1 is 1.20 bits per heavy atom. The lowest BCUT2D eigenvalue weighted by molar-refractivity contribution is 0.112. The van der Waals surface area contributed by atoms with Crippen molar-refractivity contribution < 1.29 is 9.53 Å². The summed E-state index contributed by atoms with van der Waals surface area (Å²) in [6.45, 7) is 2.92. The second kappa shape index (κ2) is 8.85. The first-order valence-electron chi connectivity index (χ1n) is 9.44. The van der Waals surface area contributed by atoms with Crippen molar-refractivity contribution in [1.82, 2.24) is 25.2 Å². The molecule has 0 spiro atoms. The van der Waals surface area contributed by atoms with Gasteiger partial charge in [-0.25, -0.2) is 0 Å². The van der Waals surface area contributed by atoms with Crippen molar-refractivity contribution in [1.29, 1.82) is 0 Å². The molecule has 154 valence electrons. The van der Waals surface area contributed by atoms with E-state index in [-0.39, 0.29) is 6.61 Å². The van der Waals surface area contributed by atoms with Crippen LogP contribution in [0.3, 0.4) is 0 Å². The third-order valence-electron chi connectivity index (χ3n) is 5.08. The number of carbonyl (C=O) groups excluding carboxylic acids is 1. The van der Waals surface area contributed by atoms with Gasteiger partial charge in [0, 0.05) is 50.7 Å². The molecule has 0 aliphatic carbocycles. The molecular weight excluding hydrogens is 425 g/mol. The van der Waals surface area contributed by atoms with Crippen LogP contribution in [0.25, 0.3) is 10.9 Å². The summed E-state index contributed by atoms with van der Waals surface area (Å²) in [6, 6.07) is 11.1. The highest BCUT2D eigenvalue weighted by atomic mass is 35.5. The maximum atomic E-state index is 11.8. The van der Waals surface area contributed by atoms with Crippen molar-refractivity contribution >= 4 is 40.4 Å². The average Bonchev–Trinajstić information content (AvgIpc) is 3.34. The van der Waals surface area contributed by atoms with Crippen LogP contribution >= 0.6 is 23.2 Å². The quantitative estimate of drug-likeness (QED) is 0.395. The van der Waals surface area contributed by atoms with E-state index in [1.807, 2.05) is 25.1 Å². The number of tetrazole rings is 1. The summed E-state index contributed by atoms with van der Waals surface area (Å²) in [5, 5.41) is 15.9. The molecule has 0 saturated carbocycles. The fraction of sp³-hybridized carbons (Fsp3) is 0.238. The molecule has 0 fully saturated rings. The number of hydrogen-bond acceptors (Lipinski definition) is 5. The summed E-state index contributed by atoms with van der Waals surface area (Å²) in [7, 11) is 0. The third kappa shape index (κ3) is 4.04. The topological polar surface area (TPSA) is 85.7 Å². The number of aryl methyl sites for hydroxylation is 2. The molecule has 0 aliphatic heterocycles. The highest BCUT2D eigenvalue weighted by Crippen LogP contribution is 2.30. The summed E-state index contributed by atoms with van der Waals surface area (Å²) in [6.07, 6.45) is 2.42. The second-order valence-electron chi connectivity index (χ2n) is 6.87. The molecule has 0 amide bonds. The Bertz CT molecular complexity index is 1170. The van der Waals surface area contributed by atoms with E-state index in [1.165, 1.54) is 0 Å². The van der Waals surface area contributed by atoms with E-state index < -0.39 is 0 Å². The van der Waals surface area contributed by atoms with Gasteiger partial charge in [0.15, 0.2) is 12.1 Å². The molecule has 2 aromatic carbocycles. The smallest absolute Gasteiger partial charge is 0.174 e. The molecular formula is C21H19Cl2N5O2. The molecule has 0 bridgehead atoms. The van der Waals surface area contributed by atoms with Crippen LogP contribution < -0.4 is 4.74 Å². The van der Waals surface area contributed by atoms with Crippen LogP contribution in [0.15, 0.2) is 36.4 Å². The third-order valence-corrected chi connectivity index (χ3v) is 5.79. The minimum atomic E-state index is 0.241. The van der Waals surface area contributed by atoms with Gasteiger partial charge in [-0.3, -0.25) is 4.79 Å². The molecule has 2 heterocycles. The van der Waals surface area contributed by atoms with E-state index in [0.29, 0.717) is 33.6 Å². The lowest BCUT2D eigenvalue weighted by atomic mass is 10.1. The largest absolute Gasteiger partial charge is 0.489 e. The van der Waals surface area contributed by atoms with Crippen LogP contribution in [0.5, 0.6) is 5.75 Å². The lowest BCUT2D eigenvalue weighted by Gasteiger charge is -2.10. The van der Waals surface area contributed by atoms with Crippen molar-refractivity contribution in [3.63, 3.8) is 0 Å². The van der Waals surface area contributed by atoms with Crippen molar-refractivity contribution in [3.05, 3.63) is 69.1 Å². The standard InChI is InChI=1S/C21H19Cl2N5O2/c1-13-16(11-29)15-10-14(30-12-17-18(22)4-2-5-19(17)23)7-8-20(15)28(13)9-3-6-21-24-26-27-25-21/h2,4-5,7-8,10-11H,3,6,9,12H2,1H3,(H,24,25,26,27). The summed E-state index contributed by atoms with van der Waals surface area (Å²) in [5.74, 6) is 1.32. The number of aldehydes is 1. The maximum Gasteiger partial charge on any atom is 0.174 e. The lowest BCUT2D eigenvalue weighted by Crippen LogP contribution is -2.03. The Morgan fingerprint density at radius 2 is 2.00 bits per heavy atom. The monoisotopic (exact) mass is 443 g/mol. The molecule has 2 aromatic heterocycles. The molecule has 0 aliphatic rings. The van der Waals surface area contributed by atoms with E-state index in [1.54, 1.807) is 18.2 Å². The van der Waals surface area contributed by atoms with E-state index >= 15 is 0 Å². The van der Waals surface area contributed by atoms with Crippen LogP contribution in [0.4, 0.5) is 0 Å². The first kappa shape index (κ1) is 20.4. The van der Waals surface area contributed by atoms with Gasteiger partial charge in [0.2, 0.25) is 0 Å². The first-order valence-corrected chi connectivity index (χ1v) is 10.2. The number of H-pyrrole nitrogens is 1. The van der Waals surface area contributed by atoms with E-state index in [4.69, 9.17) is 27.9 Å². The van der Waals surface area contributed by atoms with Gasteiger partial charge in [-0.15, -0.1) is 10.2 Å². The van der Waals surface area contributed by atoms with Crippen molar-refractivity contribution in [2.75, 3.05) is 0 Å². The van der Waals surface area contributed by atoms with E-state index in [2.05, 4.69) is 25.2 Å². The predicted octanol–water partition coefficient (Wildman–Crippen LogP) is 4.79. The Balaban J connectivity index is 1.56. The van der Waals surface area contributed by atoms with Crippen molar-refractivity contribution in [2.45, 2.75) is 32.9 Å². The molecule has 1 N–H and O–H groups in total. The molecule has 9 heteroatoms. The zero-order valence-electron chi connectivity index (χ0n) is 16.2. The Kier molecular flexibility index (Phi) is 6.01. The maximum absolute atomic E-state index is 11.8. The van der Waals surface area contributed by atoms with Crippen molar-refractivity contribution in [2.24, 2.45) is 0 Å². The zero-order valence-corrected chi connectivity index (χ0v) is 17.7. The molecule has 4 aromatic rings. The summed E-state index contributed by atoms with van der Waals surface area (Å²) in [5.41, 5.74) is 3.28. The molecule has 0 radical (unpaired) electrons. The number of carbonyl (C=O) groups is 1. The normalized spacial score (nSPS) is 11.2. The SMILES string of the molecule is Cc1c(C=O)c2cc(OCc3c(Cl)cccc3Cl)ccc2n1CCCc1nn[nH]n1. The van der Waals surface area contributed by atoms with Gasteiger partial charge in [0.05, 0.1) is 0 Å². The summed E-state index contributed by atoms with van der Waals surface area (Å²) in [4.78, 5) is 11.8. The highest BCUT2D eigenvalue weighted by molar-refractivity contribution is 6.35. The van der Waals surface area contributed by atoms with Gasteiger partial charge in [-0.05, 0) is 43.7 Å². The molecule has 4 rings (SSSR count).